The molecule has 0 aliphatic carbocycles. The second-order valence-corrected chi connectivity index (χ2v) is 14.8. The van der Waals surface area contributed by atoms with Crippen molar-refractivity contribution in [2.45, 2.75) is 88.7 Å². The summed E-state index contributed by atoms with van der Waals surface area (Å²) < 4.78 is 22.3. The number of nitrogens with one attached hydrogen (secondary N) is 1. The highest BCUT2D eigenvalue weighted by atomic mass is 127. The molecule has 1 saturated heterocycles. The van der Waals surface area contributed by atoms with Gasteiger partial charge < -0.3 is 15.0 Å². The van der Waals surface area contributed by atoms with E-state index in [2.05, 4.69) is 63.9 Å². The summed E-state index contributed by atoms with van der Waals surface area (Å²) in [6, 6.07) is 6.36. The molecule has 3 aromatic heterocycles. The zero-order valence-corrected chi connectivity index (χ0v) is 31.2. The molecule has 5 heterocycles. The van der Waals surface area contributed by atoms with E-state index in [0.717, 1.165) is 44.1 Å². The lowest BCUT2D eigenvalue weighted by atomic mass is 9.97. The molecular formula is C35H38BrFIN7O4. The third-order valence-corrected chi connectivity index (χ3v) is 11.3. The van der Waals surface area contributed by atoms with Crippen LogP contribution in [0.1, 0.15) is 79.3 Å². The molecule has 11 nitrogen and oxygen atoms in total. The van der Waals surface area contributed by atoms with Crippen LogP contribution in [0.15, 0.2) is 41.3 Å². The van der Waals surface area contributed by atoms with Gasteiger partial charge in [-0.05, 0) is 71.8 Å². The smallest absolute Gasteiger partial charge is 0.248 e. The Morgan fingerprint density at radius 3 is 2.61 bits per heavy atom. The van der Waals surface area contributed by atoms with E-state index in [1.807, 2.05) is 12.1 Å². The van der Waals surface area contributed by atoms with E-state index >= 15 is 0 Å². The van der Waals surface area contributed by atoms with Gasteiger partial charge in [0, 0.05) is 48.0 Å². The lowest BCUT2D eigenvalue weighted by molar-refractivity contribution is -0.137. The summed E-state index contributed by atoms with van der Waals surface area (Å²) in [5.74, 6) is 0.108. The first kappa shape index (κ1) is 35.5. The van der Waals surface area contributed by atoms with Crippen molar-refractivity contribution < 1.29 is 23.5 Å². The molecule has 2 amide bonds. The number of hydrogen-bond donors (Lipinski definition) is 1. The van der Waals surface area contributed by atoms with Crippen LogP contribution in [-0.4, -0.2) is 63.9 Å². The summed E-state index contributed by atoms with van der Waals surface area (Å²) in [5, 5.41) is 7.98. The normalized spacial score (nSPS) is 20.6. The number of rotatable bonds is 5. The maximum absolute atomic E-state index is 14.7. The molecule has 2 aliphatic heterocycles. The zero-order valence-electron chi connectivity index (χ0n) is 27.4. The molecule has 49 heavy (non-hydrogen) atoms. The summed E-state index contributed by atoms with van der Waals surface area (Å²) in [6.07, 6.45) is 9.89. The Bertz CT molecular complexity index is 1870. The van der Waals surface area contributed by atoms with Gasteiger partial charge in [0.2, 0.25) is 11.8 Å². The topological polar surface area (TPSA) is 132 Å². The lowest BCUT2D eigenvalue weighted by Crippen LogP contribution is -2.47. The van der Waals surface area contributed by atoms with Crippen molar-refractivity contribution in [1.29, 1.82) is 0 Å². The number of nitrogens with zero attached hydrogens (tertiary/aromatic N) is 6. The molecule has 0 radical (unpaired) electrons. The van der Waals surface area contributed by atoms with Gasteiger partial charge in [0.15, 0.2) is 5.78 Å². The average Bonchev–Trinajstić information content (AvgIpc) is 3.61. The maximum Gasteiger partial charge on any atom is 0.248 e. The number of halogens is 3. The lowest BCUT2D eigenvalue weighted by Gasteiger charge is -2.28. The van der Waals surface area contributed by atoms with Gasteiger partial charge in [0.05, 0.1) is 16.2 Å². The molecule has 6 rings (SSSR count). The number of benzene rings is 1. The molecule has 3 atom stereocenters. The molecule has 14 heteroatoms. The van der Waals surface area contributed by atoms with Gasteiger partial charge in [0.1, 0.15) is 41.2 Å². The van der Waals surface area contributed by atoms with Crippen LogP contribution >= 0.6 is 38.5 Å². The molecular weight excluding hydrogens is 808 g/mol. The third kappa shape index (κ3) is 7.85. The molecule has 2 aliphatic rings. The van der Waals surface area contributed by atoms with E-state index in [-0.39, 0.29) is 45.4 Å². The standard InChI is InChI=1S/C35H38BrFIN7O4/c1-20(46)31-27-13-24(26-16-39-21(2)40-17-26)12-25(15-37)32(27)44(43-31)18-30(47)45-28-14-22(33(45)38)8-6-4-3-5-7-11-49-19-23-9-10-29(36)41-34(23)42-35(28)48/h9-10,12-13,16-17,22,28,33H,3-8,11,14-15,18-19H2,1-2H3,(H,41,42,48)/t22-,28-,33-/m0/s1. The largest absolute Gasteiger partial charge is 0.377 e. The van der Waals surface area contributed by atoms with Crippen molar-refractivity contribution in [3.63, 3.8) is 0 Å². The zero-order chi connectivity index (χ0) is 34.7. The fourth-order valence-electron chi connectivity index (χ4n) is 6.72. The van der Waals surface area contributed by atoms with E-state index in [4.69, 9.17) is 4.74 Å². The first-order valence-electron chi connectivity index (χ1n) is 16.5. The summed E-state index contributed by atoms with van der Waals surface area (Å²) in [6.45, 7) is 3.00. The number of ketones is 1. The van der Waals surface area contributed by atoms with Crippen molar-refractivity contribution >= 4 is 72.8 Å². The van der Waals surface area contributed by atoms with Crippen molar-refractivity contribution in [2.75, 3.05) is 11.9 Å². The third-order valence-electron chi connectivity index (χ3n) is 9.21. The van der Waals surface area contributed by atoms with Crippen LogP contribution in [0, 0.1) is 12.8 Å². The van der Waals surface area contributed by atoms with E-state index in [9.17, 15) is 18.8 Å². The predicted octanol–water partition coefficient (Wildman–Crippen LogP) is 7.12. The highest BCUT2D eigenvalue weighted by molar-refractivity contribution is 14.1. The molecule has 4 aromatic rings. The molecule has 0 saturated carbocycles. The van der Waals surface area contributed by atoms with Gasteiger partial charge in [0.25, 0.3) is 0 Å². The molecule has 1 fully saturated rings. The molecule has 0 spiro atoms. The fourth-order valence-corrected chi connectivity index (χ4v) is 8.38. The Kier molecular flexibility index (Phi) is 11.3. The van der Waals surface area contributed by atoms with Gasteiger partial charge in [-0.2, -0.15) is 5.10 Å². The Morgan fingerprint density at radius 2 is 1.86 bits per heavy atom. The van der Waals surface area contributed by atoms with Crippen molar-refractivity contribution in [1.82, 2.24) is 29.6 Å². The minimum Gasteiger partial charge on any atom is -0.377 e. The van der Waals surface area contributed by atoms with E-state index in [1.165, 1.54) is 11.6 Å². The van der Waals surface area contributed by atoms with Gasteiger partial charge >= 0.3 is 0 Å². The second kappa shape index (κ2) is 15.7. The van der Waals surface area contributed by atoms with E-state index < -0.39 is 12.7 Å². The number of aryl methyl sites for hydroxylation is 1. The number of carbonyl (C=O) groups excluding carboxylic acids is 3. The number of carbonyl (C=O) groups is 3. The molecule has 0 unspecified atom stereocenters. The number of amides is 2. The van der Waals surface area contributed by atoms with Crippen LogP contribution in [0.3, 0.4) is 0 Å². The van der Waals surface area contributed by atoms with Crippen LogP contribution < -0.4 is 5.32 Å². The molecule has 1 N–H and O–H groups in total. The van der Waals surface area contributed by atoms with E-state index in [0.29, 0.717) is 57.9 Å². The van der Waals surface area contributed by atoms with Crippen LogP contribution in [0.25, 0.3) is 22.0 Å². The number of pyridine rings is 1. The number of Topliss-reactive ketones (excluding diaryl/α,β-unsaturated/α-hetero) is 1. The van der Waals surface area contributed by atoms with Crippen LogP contribution in [0.5, 0.6) is 0 Å². The average molecular weight is 847 g/mol. The van der Waals surface area contributed by atoms with Crippen molar-refractivity contribution in [3.05, 3.63) is 63.9 Å². The van der Waals surface area contributed by atoms with Gasteiger partial charge in [-0.25, -0.2) is 19.3 Å². The summed E-state index contributed by atoms with van der Waals surface area (Å²) in [5.41, 5.74) is 2.85. The van der Waals surface area contributed by atoms with Gasteiger partial charge in [-0.15, -0.1) is 0 Å². The number of fused-ring (bicyclic) bond motifs is 4. The maximum atomic E-state index is 14.7. The predicted molar refractivity (Wildman–Crippen MR) is 195 cm³/mol. The van der Waals surface area contributed by atoms with Crippen molar-refractivity contribution in [2.24, 2.45) is 5.92 Å². The number of hydrogen-bond acceptors (Lipinski definition) is 8. The second-order valence-electron chi connectivity index (χ2n) is 12.7. The number of ether oxygens (including phenoxy) is 1. The highest BCUT2D eigenvalue weighted by Crippen LogP contribution is 2.39. The number of likely N-dealkylation sites (tertiary alicyclic amines) is 1. The molecule has 2 bridgehead atoms. The Morgan fingerprint density at radius 1 is 1.10 bits per heavy atom. The quantitative estimate of drug-likeness (QED) is 0.0739. The first-order chi connectivity index (χ1) is 23.6. The van der Waals surface area contributed by atoms with Crippen LogP contribution in [0.4, 0.5) is 10.2 Å². The summed E-state index contributed by atoms with van der Waals surface area (Å²) in [7, 11) is 0. The van der Waals surface area contributed by atoms with Gasteiger partial charge in [-0.1, -0.05) is 54.3 Å². The Labute approximate surface area is 306 Å². The number of anilines is 1. The molecule has 1 aromatic carbocycles. The monoisotopic (exact) mass is 845 g/mol. The fraction of sp³-hybridized carbons (Fsp3) is 0.457. The van der Waals surface area contributed by atoms with Crippen LogP contribution in [-0.2, 0) is 34.2 Å². The Balaban J connectivity index is 1.34. The van der Waals surface area contributed by atoms with Crippen molar-refractivity contribution in [3.8, 4) is 11.1 Å². The highest BCUT2D eigenvalue weighted by Gasteiger charge is 2.45. The Hall–Kier alpha value is -3.37. The number of alkyl halides is 2. The van der Waals surface area contributed by atoms with Gasteiger partial charge in [-0.3, -0.25) is 19.1 Å². The first-order valence-corrected chi connectivity index (χ1v) is 18.6. The minimum absolute atomic E-state index is 0.106. The van der Waals surface area contributed by atoms with E-state index in [1.54, 1.807) is 36.4 Å². The van der Waals surface area contributed by atoms with Crippen LogP contribution in [0.2, 0.25) is 0 Å². The minimum atomic E-state index is -0.842. The molecule has 258 valence electrons. The summed E-state index contributed by atoms with van der Waals surface area (Å²) in [4.78, 5) is 55.8. The number of aromatic nitrogens is 5. The summed E-state index contributed by atoms with van der Waals surface area (Å²) >= 11 is 5.69. The SMILES string of the molecule is CC(=O)c1nn(CC(=O)N2[C@H](I)[C@H]3CCCCCCCOCc4ccc(Br)nc4NC(=O)[C@@H]2C3)c2c(CF)cc(-c3cnc(C)nc3)cc12.